The van der Waals surface area contributed by atoms with Gasteiger partial charge in [-0.1, -0.05) is 12.1 Å². The molecule has 2 fully saturated rings. The van der Waals surface area contributed by atoms with E-state index >= 15 is 0 Å². The van der Waals surface area contributed by atoms with Crippen LogP contribution in [0, 0.1) is 0 Å². The second kappa shape index (κ2) is 10.8. The lowest BCUT2D eigenvalue weighted by molar-refractivity contribution is -0.137. The number of amides is 3. The van der Waals surface area contributed by atoms with E-state index in [2.05, 4.69) is 15.2 Å². The lowest BCUT2D eigenvalue weighted by atomic mass is 10.1. The highest BCUT2D eigenvalue weighted by molar-refractivity contribution is 5.89. The molecule has 194 valence electrons. The van der Waals surface area contributed by atoms with Crippen molar-refractivity contribution in [3.05, 3.63) is 52.6 Å². The van der Waals surface area contributed by atoms with Gasteiger partial charge >= 0.3 is 11.7 Å². The van der Waals surface area contributed by atoms with Gasteiger partial charge in [-0.2, -0.15) is 4.98 Å². The van der Waals surface area contributed by atoms with Gasteiger partial charge < -0.3 is 21.3 Å². The summed E-state index contributed by atoms with van der Waals surface area (Å²) in [5.41, 5.74) is 12.4. The topological polar surface area (TPSA) is 143 Å². The van der Waals surface area contributed by atoms with E-state index in [1.807, 2.05) is 24.3 Å². The van der Waals surface area contributed by atoms with Crippen LogP contribution in [0.25, 0.3) is 5.69 Å². The molecule has 1 aromatic carbocycles. The molecule has 1 unspecified atom stereocenters. The molecule has 0 spiro atoms. The Morgan fingerprint density at radius 2 is 1.72 bits per heavy atom. The first-order valence-electron chi connectivity index (χ1n) is 12.4. The smallest absolute Gasteiger partial charge is 0.338 e. The molecule has 0 bridgehead atoms. The normalized spacial score (nSPS) is 19.3. The SMILES string of the molecule is CC(C)(N)C(=O)N1CCN(C(=O)Nc2ccn(-c3ccc(CN4CCCC(N)C4)cc3)c(=O)n2)CC1. The number of urea groups is 1. The van der Waals surface area contributed by atoms with Crippen molar-refractivity contribution < 1.29 is 9.59 Å². The first-order valence-corrected chi connectivity index (χ1v) is 12.4. The lowest BCUT2D eigenvalue weighted by Crippen LogP contribution is -2.58. The van der Waals surface area contributed by atoms with Gasteiger partial charge in [-0.3, -0.25) is 19.6 Å². The van der Waals surface area contributed by atoms with Crippen LogP contribution in [0.2, 0.25) is 0 Å². The van der Waals surface area contributed by atoms with E-state index in [9.17, 15) is 14.4 Å². The van der Waals surface area contributed by atoms with Gasteiger partial charge in [0.1, 0.15) is 5.82 Å². The van der Waals surface area contributed by atoms with E-state index in [0.29, 0.717) is 31.9 Å². The number of likely N-dealkylation sites (tertiary alicyclic amines) is 1. The molecule has 0 radical (unpaired) electrons. The molecule has 36 heavy (non-hydrogen) atoms. The van der Waals surface area contributed by atoms with Crippen LogP contribution in [0.4, 0.5) is 10.6 Å². The van der Waals surface area contributed by atoms with E-state index in [4.69, 9.17) is 11.5 Å². The number of hydrogen-bond acceptors (Lipinski definition) is 7. The number of nitrogens with one attached hydrogen (secondary N) is 1. The maximum Gasteiger partial charge on any atom is 0.354 e. The predicted octanol–water partition coefficient (Wildman–Crippen LogP) is 0.569. The fourth-order valence-electron chi connectivity index (χ4n) is 4.63. The molecule has 1 aromatic heterocycles. The zero-order valence-electron chi connectivity index (χ0n) is 21.0. The van der Waals surface area contributed by atoms with Gasteiger partial charge in [0.25, 0.3) is 0 Å². The largest absolute Gasteiger partial charge is 0.354 e. The van der Waals surface area contributed by atoms with Crippen LogP contribution < -0.4 is 22.5 Å². The molecule has 3 amide bonds. The average Bonchev–Trinajstić information content (AvgIpc) is 2.84. The molecule has 3 heterocycles. The molecule has 2 aromatic rings. The third-order valence-corrected chi connectivity index (χ3v) is 6.61. The quantitative estimate of drug-likeness (QED) is 0.549. The summed E-state index contributed by atoms with van der Waals surface area (Å²) in [7, 11) is 0. The third kappa shape index (κ3) is 6.28. The van der Waals surface area contributed by atoms with Gasteiger partial charge in [0, 0.05) is 51.5 Å². The Kier molecular flexibility index (Phi) is 7.72. The summed E-state index contributed by atoms with van der Waals surface area (Å²) < 4.78 is 1.44. The number of hydrogen-bond donors (Lipinski definition) is 3. The van der Waals surface area contributed by atoms with Crippen molar-refractivity contribution in [2.75, 3.05) is 44.6 Å². The molecule has 1 atom stereocenters. The maximum atomic E-state index is 12.7. The Bertz CT molecular complexity index is 1130. The van der Waals surface area contributed by atoms with E-state index in [1.165, 1.54) is 4.57 Å². The van der Waals surface area contributed by atoms with Gasteiger partial charge in [-0.05, 0) is 57.0 Å². The molecular formula is C25H36N8O3. The number of nitrogens with two attached hydrogens (primary N) is 2. The number of carbonyl (C=O) groups is 2. The molecule has 2 aliphatic rings. The highest BCUT2D eigenvalue weighted by Gasteiger charge is 2.31. The van der Waals surface area contributed by atoms with Crippen molar-refractivity contribution in [2.24, 2.45) is 11.5 Å². The summed E-state index contributed by atoms with van der Waals surface area (Å²) in [5, 5.41) is 2.68. The Balaban J connectivity index is 1.33. The summed E-state index contributed by atoms with van der Waals surface area (Å²) in [4.78, 5) is 47.3. The maximum absolute atomic E-state index is 12.7. The molecule has 11 nitrogen and oxygen atoms in total. The number of carbonyl (C=O) groups excluding carboxylic acids is 2. The van der Waals surface area contributed by atoms with Crippen LogP contribution >= 0.6 is 0 Å². The minimum atomic E-state index is -0.944. The van der Waals surface area contributed by atoms with Crippen molar-refractivity contribution in [1.82, 2.24) is 24.3 Å². The minimum Gasteiger partial charge on any atom is -0.338 e. The van der Waals surface area contributed by atoms with Gasteiger partial charge in [0.2, 0.25) is 5.91 Å². The zero-order chi connectivity index (χ0) is 25.9. The lowest BCUT2D eigenvalue weighted by Gasteiger charge is -2.37. The number of piperidine rings is 1. The fourth-order valence-corrected chi connectivity index (χ4v) is 4.63. The number of anilines is 1. The Hall–Kier alpha value is -3.28. The van der Waals surface area contributed by atoms with Gasteiger partial charge in [0.15, 0.2) is 0 Å². The van der Waals surface area contributed by atoms with E-state index in [1.54, 1.807) is 35.9 Å². The van der Waals surface area contributed by atoms with E-state index in [0.717, 1.165) is 38.0 Å². The predicted molar refractivity (Wildman–Crippen MR) is 138 cm³/mol. The Morgan fingerprint density at radius 1 is 1.06 bits per heavy atom. The highest BCUT2D eigenvalue weighted by Crippen LogP contribution is 2.15. The Morgan fingerprint density at radius 3 is 2.33 bits per heavy atom. The zero-order valence-corrected chi connectivity index (χ0v) is 21.0. The number of piperazine rings is 1. The van der Waals surface area contributed by atoms with E-state index < -0.39 is 11.2 Å². The molecule has 0 aliphatic carbocycles. The first kappa shape index (κ1) is 25.8. The van der Waals surface area contributed by atoms with Crippen LogP contribution in [0.1, 0.15) is 32.3 Å². The molecule has 11 heteroatoms. The second-order valence-corrected chi connectivity index (χ2v) is 10.2. The van der Waals surface area contributed by atoms with E-state index in [-0.39, 0.29) is 23.8 Å². The van der Waals surface area contributed by atoms with Crippen LogP contribution in [-0.2, 0) is 11.3 Å². The van der Waals surface area contributed by atoms with Crippen molar-refractivity contribution in [2.45, 2.75) is 44.8 Å². The summed E-state index contributed by atoms with van der Waals surface area (Å²) in [5.74, 6) is 0.0393. The summed E-state index contributed by atoms with van der Waals surface area (Å²) in [6.07, 6.45) is 3.79. The van der Waals surface area contributed by atoms with Crippen LogP contribution in [0.15, 0.2) is 41.3 Å². The van der Waals surface area contributed by atoms with Crippen molar-refractivity contribution in [3.63, 3.8) is 0 Å². The minimum absolute atomic E-state index is 0.142. The van der Waals surface area contributed by atoms with Gasteiger partial charge in [0.05, 0.1) is 11.2 Å². The number of aromatic nitrogens is 2. The molecule has 0 saturated carbocycles. The Labute approximate surface area is 211 Å². The fraction of sp³-hybridized carbons (Fsp3) is 0.520. The molecular weight excluding hydrogens is 460 g/mol. The van der Waals surface area contributed by atoms with Crippen LogP contribution in [0.3, 0.4) is 0 Å². The van der Waals surface area contributed by atoms with Crippen LogP contribution in [-0.4, -0.2) is 87.0 Å². The van der Waals surface area contributed by atoms with Crippen molar-refractivity contribution in [3.8, 4) is 5.69 Å². The molecule has 2 saturated heterocycles. The summed E-state index contributed by atoms with van der Waals surface area (Å²) in [6.45, 7) is 7.68. The number of rotatable bonds is 5. The summed E-state index contributed by atoms with van der Waals surface area (Å²) in [6, 6.07) is 9.27. The second-order valence-electron chi connectivity index (χ2n) is 10.2. The standard InChI is InChI=1S/C25H36N8O3/c1-25(2,27)22(34)31-12-14-32(15-13-31)23(35)28-21-9-11-33(24(36)29-21)20-7-5-18(6-8-20)16-30-10-3-4-19(26)17-30/h5-9,11,19H,3-4,10,12-17,26-27H2,1-2H3,(H,28,29,35,36). The number of benzene rings is 1. The average molecular weight is 497 g/mol. The van der Waals surface area contributed by atoms with Crippen molar-refractivity contribution in [1.29, 1.82) is 0 Å². The summed E-state index contributed by atoms with van der Waals surface area (Å²) >= 11 is 0. The van der Waals surface area contributed by atoms with Gasteiger partial charge in [-0.15, -0.1) is 0 Å². The van der Waals surface area contributed by atoms with Crippen molar-refractivity contribution >= 4 is 17.8 Å². The van der Waals surface area contributed by atoms with Gasteiger partial charge in [-0.25, -0.2) is 9.59 Å². The first-order chi connectivity index (χ1) is 17.1. The van der Waals surface area contributed by atoms with Crippen LogP contribution in [0.5, 0.6) is 0 Å². The molecule has 4 rings (SSSR count). The third-order valence-electron chi connectivity index (χ3n) is 6.61. The molecule has 5 N–H and O–H groups in total. The number of nitrogens with zero attached hydrogens (tertiary/aromatic N) is 5. The molecule has 2 aliphatic heterocycles. The monoisotopic (exact) mass is 496 g/mol. The highest BCUT2D eigenvalue weighted by atomic mass is 16.2.